The summed E-state index contributed by atoms with van der Waals surface area (Å²) in [6.07, 6.45) is 3.05. The molecule has 6 rings (SSSR count). The number of halogens is 3. The number of amides is 4. The lowest BCUT2D eigenvalue weighted by molar-refractivity contribution is -0.140. The van der Waals surface area contributed by atoms with Crippen molar-refractivity contribution in [2.75, 3.05) is 18.6 Å². The van der Waals surface area contributed by atoms with Gasteiger partial charge in [0, 0.05) is 12.5 Å². The summed E-state index contributed by atoms with van der Waals surface area (Å²) < 4.78 is 19.4. The number of imide groups is 2. The number of phenols is 1. The Hall–Kier alpha value is -3.43. The summed E-state index contributed by atoms with van der Waals surface area (Å²) in [5, 5.41) is 10.2. The first kappa shape index (κ1) is 28.7. The van der Waals surface area contributed by atoms with E-state index in [2.05, 4.69) is 0 Å². The molecular formula is C31H29Cl2FN2O6. The lowest BCUT2D eigenvalue weighted by atomic mass is 9.51. The molecule has 2 heterocycles. The fourth-order valence-corrected chi connectivity index (χ4v) is 8.08. The van der Waals surface area contributed by atoms with Crippen LogP contribution < -0.4 is 9.64 Å². The minimum atomic E-state index is -1.34. The van der Waals surface area contributed by atoms with Gasteiger partial charge in [-0.05, 0) is 68.0 Å². The van der Waals surface area contributed by atoms with Gasteiger partial charge in [-0.15, -0.1) is 0 Å². The number of ether oxygens (including phenoxy) is 1. The maximum atomic E-state index is 14.4. The second-order valence-electron chi connectivity index (χ2n) is 11.6. The maximum absolute atomic E-state index is 14.4. The van der Waals surface area contributed by atoms with Crippen LogP contribution in [-0.4, -0.2) is 47.3 Å². The standard InChI is InChI=1S/C31H29Cl2FN2O6/c1-4-9-35-27(38)17-7-6-16-18(24(17)29(35)40)13-19-28(39)36(15-5-8-22(34)20(32)12-15)30(41)31(19,2)25(16)14-10-21(33)26(37)23(11-14)42-3/h5-6,8,10-12,17-19,24-25,37H,4,7,9,13H2,1-3H3. The normalized spacial score (nSPS) is 30.3. The zero-order chi connectivity index (χ0) is 30.2. The van der Waals surface area contributed by atoms with E-state index in [1.54, 1.807) is 19.1 Å². The second-order valence-corrected chi connectivity index (χ2v) is 12.5. The third kappa shape index (κ3) is 3.85. The minimum Gasteiger partial charge on any atom is -0.503 e. The number of benzene rings is 2. The average Bonchev–Trinajstić information content (AvgIpc) is 3.31. The Bertz CT molecular complexity index is 1590. The number of aromatic hydroxyl groups is 1. The summed E-state index contributed by atoms with van der Waals surface area (Å²) in [5.74, 6) is -5.63. The molecule has 0 radical (unpaired) electrons. The monoisotopic (exact) mass is 614 g/mol. The molecule has 8 nitrogen and oxygen atoms in total. The van der Waals surface area contributed by atoms with E-state index < -0.39 is 52.6 Å². The van der Waals surface area contributed by atoms with E-state index in [9.17, 15) is 28.7 Å². The van der Waals surface area contributed by atoms with Crippen LogP contribution >= 0.6 is 23.2 Å². The molecular weight excluding hydrogens is 586 g/mol. The van der Waals surface area contributed by atoms with Crippen LogP contribution in [-0.2, 0) is 19.2 Å². The number of carbonyl (C=O) groups is 4. The number of hydrogen-bond donors (Lipinski definition) is 1. The van der Waals surface area contributed by atoms with Gasteiger partial charge in [0.1, 0.15) is 5.82 Å². The van der Waals surface area contributed by atoms with Crippen LogP contribution in [0.3, 0.4) is 0 Å². The van der Waals surface area contributed by atoms with E-state index in [-0.39, 0.29) is 45.5 Å². The molecule has 42 heavy (non-hydrogen) atoms. The number of carbonyl (C=O) groups excluding carboxylic acids is 4. The van der Waals surface area contributed by atoms with Crippen molar-refractivity contribution in [3.05, 3.63) is 63.4 Å². The highest BCUT2D eigenvalue weighted by atomic mass is 35.5. The molecule has 2 aliphatic carbocycles. The van der Waals surface area contributed by atoms with Crippen molar-refractivity contribution in [3.8, 4) is 11.5 Å². The van der Waals surface area contributed by atoms with Gasteiger partial charge in [-0.3, -0.25) is 24.1 Å². The zero-order valence-corrected chi connectivity index (χ0v) is 24.7. The van der Waals surface area contributed by atoms with Gasteiger partial charge in [-0.2, -0.15) is 0 Å². The minimum absolute atomic E-state index is 0.00101. The quantitative estimate of drug-likeness (QED) is 0.353. The molecule has 0 aromatic heterocycles. The summed E-state index contributed by atoms with van der Waals surface area (Å²) >= 11 is 12.5. The number of phenolic OH excluding ortho intramolecular Hbond substituents is 1. The molecule has 1 saturated carbocycles. The van der Waals surface area contributed by atoms with Crippen LogP contribution in [0, 0.1) is 34.9 Å². The average molecular weight is 615 g/mol. The molecule has 2 saturated heterocycles. The zero-order valence-electron chi connectivity index (χ0n) is 23.2. The van der Waals surface area contributed by atoms with Crippen LogP contribution in [0.4, 0.5) is 10.1 Å². The Morgan fingerprint density at radius 3 is 2.45 bits per heavy atom. The van der Waals surface area contributed by atoms with Gasteiger partial charge in [0.25, 0.3) is 0 Å². The van der Waals surface area contributed by atoms with E-state index in [1.807, 2.05) is 13.0 Å². The molecule has 3 fully saturated rings. The van der Waals surface area contributed by atoms with Gasteiger partial charge in [0.05, 0.1) is 46.0 Å². The highest BCUT2D eigenvalue weighted by molar-refractivity contribution is 6.32. The Kier molecular flexibility index (Phi) is 6.89. The van der Waals surface area contributed by atoms with E-state index >= 15 is 0 Å². The number of hydrogen-bond acceptors (Lipinski definition) is 6. The van der Waals surface area contributed by atoms with Crippen LogP contribution in [0.1, 0.15) is 44.6 Å². The summed E-state index contributed by atoms with van der Waals surface area (Å²) in [4.78, 5) is 57.9. The van der Waals surface area contributed by atoms with Crippen LogP contribution in [0.2, 0.25) is 10.0 Å². The van der Waals surface area contributed by atoms with Crippen molar-refractivity contribution in [1.82, 2.24) is 4.90 Å². The van der Waals surface area contributed by atoms with Gasteiger partial charge < -0.3 is 9.84 Å². The predicted molar refractivity (Wildman–Crippen MR) is 153 cm³/mol. The molecule has 6 atom stereocenters. The van der Waals surface area contributed by atoms with Gasteiger partial charge >= 0.3 is 0 Å². The van der Waals surface area contributed by atoms with Crippen molar-refractivity contribution >= 4 is 52.5 Å². The van der Waals surface area contributed by atoms with Gasteiger partial charge in [0.15, 0.2) is 11.5 Å². The van der Waals surface area contributed by atoms with Crippen molar-refractivity contribution in [1.29, 1.82) is 0 Å². The van der Waals surface area contributed by atoms with Crippen molar-refractivity contribution < 1.29 is 33.4 Å². The summed E-state index contributed by atoms with van der Waals surface area (Å²) in [5.41, 5.74) is 0.105. The molecule has 4 aliphatic rings. The van der Waals surface area contributed by atoms with E-state index in [1.165, 1.54) is 24.1 Å². The molecule has 0 spiro atoms. The Morgan fingerprint density at radius 1 is 1.05 bits per heavy atom. The fourth-order valence-electron chi connectivity index (χ4n) is 7.69. The van der Waals surface area contributed by atoms with Crippen molar-refractivity contribution in [3.63, 3.8) is 0 Å². The van der Waals surface area contributed by atoms with Crippen LogP contribution in [0.25, 0.3) is 0 Å². The number of likely N-dealkylation sites (tertiary alicyclic amines) is 1. The van der Waals surface area contributed by atoms with Gasteiger partial charge in [-0.1, -0.05) is 41.8 Å². The summed E-state index contributed by atoms with van der Waals surface area (Å²) in [6, 6.07) is 6.80. The largest absolute Gasteiger partial charge is 0.503 e. The van der Waals surface area contributed by atoms with Gasteiger partial charge in [-0.25, -0.2) is 9.29 Å². The number of methoxy groups -OCH3 is 1. The number of rotatable bonds is 5. The van der Waals surface area contributed by atoms with Crippen LogP contribution in [0.15, 0.2) is 42.0 Å². The molecule has 220 valence electrons. The SMILES string of the molecule is CCCN1C(=O)C2CC=C3C(CC4C(=O)N(c5ccc(F)c(Cl)c5)C(=O)C4(C)C3c3cc(Cl)c(O)c(OC)c3)C2C1=O. The highest BCUT2D eigenvalue weighted by Gasteiger charge is 2.67. The molecule has 1 N–H and O–H groups in total. The summed E-state index contributed by atoms with van der Waals surface area (Å²) in [6.45, 7) is 3.93. The lowest BCUT2D eigenvalue weighted by Gasteiger charge is -2.49. The molecule has 11 heteroatoms. The lowest BCUT2D eigenvalue weighted by Crippen LogP contribution is -2.48. The number of allylic oxidation sites excluding steroid dienone is 2. The fraction of sp³-hybridized carbons (Fsp3) is 0.419. The molecule has 2 aromatic rings. The number of fused-ring (bicyclic) bond motifs is 4. The van der Waals surface area contributed by atoms with E-state index in [0.29, 0.717) is 24.9 Å². The first-order chi connectivity index (χ1) is 19.9. The smallest absolute Gasteiger partial charge is 0.241 e. The Labute approximate surface area is 252 Å². The van der Waals surface area contributed by atoms with Gasteiger partial charge in [0.2, 0.25) is 23.6 Å². The molecule has 6 unspecified atom stereocenters. The Morgan fingerprint density at radius 2 is 1.79 bits per heavy atom. The first-order valence-corrected chi connectivity index (χ1v) is 14.7. The van der Waals surface area contributed by atoms with Crippen molar-refractivity contribution in [2.45, 2.75) is 39.0 Å². The van der Waals surface area contributed by atoms with Crippen molar-refractivity contribution in [2.24, 2.45) is 29.1 Å². The molecule has 4 amide bonds. The Balaban J connectivity index is 1.54. The topological polar surface area (TPSA) is 104 Å². The number of nitrogens with zero attached hydrogens (tertiary/aromatic N) is 2. The molecule has 2 aromatic carbocycles. The number of anilines is 1. The highest BCUT2D eigenvalue weighted by Crippen LogP contribution is 2.64. The van der Waals surface area contributed by atoms with E-state index in [4.69, 9.17) is 27.9 Å². The molecule has 0 bridgehead atoms. The predicted octanol–water partition coefficient (Wildman–Crippen LogP) is 5.49. The van der Waals surface area contributed by atoms with Crippen LogP contribution in [0.5, 0.6) is 11.5 Å². The first-order valence-electron chi connectivity index (χ1n) is 13.9. The maximum Gasteiger partial charge on any atom is 0.241 e. The third-order valence-corrected chi connectivity index (χ3v) is 10.2. The second kappa shape index (κ2) is 10.1. The summed E-state index contributed by atoms with van der Waals surface area (Å²) in [7, 11) is 1.38. The van der Waals surface area contributed by atoms with E-state index in [0.717, 1.165) is 16.5 Å². The third-order valence-electron chi connectivity index (χ3n) is 9.58. The molecule has 2 aliphatic heterocycles.